The highest BCUT2D eigenvalue weighted by Gasteiger charge is 2.08. The zero-order valence-electron chi connectivity index (χ0n) is 15.8. The summed E-state index contributed by atoms with van der Waals surface area (Å²) in [5.74, 6) is 1.62. The van der Waals surface area contributed by atoms with Crippen molar-refractivity contribution in [3.63, 3.8) is 0 Å². The Bertz CT molecular complexity index is 202. The van der Waals surface area contributed by atoms with Gasteiger partial charge in [-0.1, -0.05) is 53.9 Å². The minimum absolute atomic E-state index is 0.675. The predicted octanol–water partition coefficient (Wildman–Crippen LogP) is 4.94. The average molecular weight is 299 g/mol. The molecule has 2 heteroatoms. The highest BCUT2D eigenvalue weighted by Crippen LogP contribution is 2.07. The van der Waals surface area contributed by atoms with E-state index in [1.165, 1.54) is 58.2 Å². The molecule has 1 unspecified atom stereocenters. The molecule has 128 valence electrons. The van der Waals surface area contributed by atoms with E-state index < -0.39 is 0 Å². The minimum Gasteiger partial charge on any atom is -0.313 e. The summed E-state index contributed by atoms with van der Waals surface area (Å²) in [5, 5.41) is 3.71. The molecule has 0 aliphatic carbocycles. The van der Waals surface area contributed by atoms with Gasteiger partial charge in [-0.25, -0.2) is 0 Å². The summed E-state index contributed by atoms with van der Waals surface area (Å²) in [6.45, 7) is 18.8. The molecule has 0 fully saturated rings. The van der Waals surface area contributed by atoms with Crippen LogP contribution in [0.25, 0.3) is 0 Å². The van der Waals surface area contributed by atoms with Gasteiger partial charge in [-0.2, -0.15) is 0 Å². The van der Waals surface area contributed by atoms with E-state index in [2.05, 4.69) is 51.8 Å². The number of nitrogens with one attached hydrogen (secondary N) is 1. The Morgan fingerprint density at radius 2 is 1.33 bits per heavy atom. The van der Waals surface area contributed by atoms with Crippen molar-refractivity contribution in [3.05, 3.63) is 0 Å². The second-order valence-corrected chi connectivity index (χ2v) is 7.56. The summed E-state index contributed by atoms with van der Waals surface area (Å²) in [7, 11) is 0. The molecule has 0 spiro atoms. The van der Waals surface area contributed by atoms with E-state index in [1.807, 2.05) is 0 Å². The first-order chi connectivity index (χ1) is 9.95. The zero-order chi connectivity index (χ0) is 16.1. The molecule has 2 nitrogen and oxygen atoms in total. The molecule has 0 aromatic rings. The SMILES string of the molecule is CCCCCC(C)NCCN(CCC(C)C)CCC(C)C. The van der Waals surface area contributed by atoms with Gasteiger partial charge < -0.3 is 10.2 Å². The maximum absolute atomic E-state index is 3.71. The summed E-state index contributed by atoms with van der Waals surface area (Å²) < 4.78 is 0. The standard InChI is InChI=1S/C19H42N2/c1-7-8-9-10-19(6)20-13-16-21(14-11-17(2)3)15-12-18(4)5/h17-20H,7-16H2,1-6H3. The van der Waals surface area contributed by atoms with Gasteiger partial charge in [0.15, 0.2) is 0 Å². The Morgan fingerprint density at radius 1 is 0.762 bits per heavy atom. The van der Waals surface area contributed by atoms with Crippen LogP contribution in [0.4, 0.5) is 0 Å². The van der Waals surface area contributed by atoms with Gasteiger partial charge in [0.2, 0.25) is 0 Å². The van der Waals surface area contributed by atoms with Crippen LogP contribution in [0.3, 0.4) is 0 Å². The minimum atomic E-state index is 0.675. The normalized spacial score (nSPS) is 13.6. The molecule has 0 heterocycles. The molecule has 0 aromatic carbocycles. The average Bonchev–Trinajstić information content (AvgIpc) is 2.41. The monoisotopic (exact) mass is 298 g/mol. The van der Waals surface area contributed by atoms with Crippen molar-refractivity contribution in [1.82, 2.24) is 10.2 Å². The van der Waals surface area contributed by atoms with E-state index in [0.29, 0.717) is 6.04 Å². The van der Waals surface area contributed by atoms with Crippen LogP contribution < -0.4 is 5.32 Å². The summed E-state index contributed by atoms with van der Waals surface area (Å²) in [5.41, 5.74) is 0. The molecule has 0 saturated heterocycles. The van der Waals surface area contributed by atoms with Crippen molar-refractivity contribution < 1.29 is 0 Å². The van der Waals surface area contributed by atoms with E-state index in [0.717, 1.165) is 18.4 Å². The number of nitrogens with zero attached hydrogens (tertiary/aromatic N) is 1. The molecule has 0 rings (SSSR count). The van der Waals surface area contributed by atoms with Crippen LogP contribution >= 0.6 is 0 Å². The lowest BCUT2D eigenvalue weighted by atomic mass is 10.1. The summed E-state index contributed by atoms with van der Waals surface area (Å²) in [6.07, 6.45) is 8.04. The summed E-state index contributed by atoms with van der Waals surface area (Å²) >= 11 is 0. The van der Waals surface area contributed by atoms with E-state index in [4.69, 9.17) is 0 Å². The van der Waals surface area contributed by atoms with Gasteiger partial charge in [0.25, 0.3) is 0 Å². The molecule has 0 bridgehead atoms. The fraction of sp³-hybridized carbons (Fsp3) is 1.00. The molecule has 1 atom stereocenters. The molecule has 0 amide bonds. The zero-order valence-corrected chi connectivity index (χ0v) is 15.8. The van der Waals surface area contributed by atoms with Gasteiger partial charge in [-0.15, -0.1) is 0 Å². The fourth-order valence-electron chi connectivity index (χ4n) is 2.49. The Hall–Kier alpha value is -0.0800. The smallest absolute Gasteiger partial charge is 0.0107 e. The third-order valence-electron chi connectivity index (χ3n) is 4.21. The maximum Gasteiger partial charge on any atom is 0.0107 e. The van der Waals surface area contributed by atoms with Crippen molar-refractivity contribution >= 4 is 0 Å². The van der Waals surface area contributed by atoms with Crippen molar-refractivity contribution in [1.29, 1.82) is 0 Å². The van der Waals surface area contributed by atoms with Crippen LogP contribution in [0, 0.1) is 11.8 Å². The van der Waals surface area contributed by atoms with Crippen LogP contribution in [-0.2, 0) is 0 Å². The number of hydrogen-bond donors (Lipinski definition) is 1. The van der Waals surface area contributed by atoms with Gasteiger partial charge in [0.05, 0.1) is 0 Å². The highest BCUT2D eigenvalue weighted by molar-refractivity contribution is 4.66. The Balaban J connectivity index is 3.86. The molecule has 0 aromatic heterocycles. The molecule has 1 N–H and O–H groups in total. The van der Waals surface area contributed by atoms with E-state index in [1.54, 1.807) is 0 Å². The van der Waals surface area contributed by atoms with Gasteiger partial charge in [-0.3, -0.25) is 0 Å². The molecular formula is C19H42N2. The molecule has 0 saturated carbocycles. The second-order valence-electron chi connectivity index (χ2n) is 7.56. The Kier molecular flexibility index (Phi) is 13.5. The fourth-order valence-corrected chi connectivity index (χ4v) is 2.49. The molecular weight excluding hydrogens is 256 g/mol. The third kappa shape index (κ3) is 14.6. The quantitative estimate of drug-likeness (QED) is 0.457. The Labute approximate surface area is 135 Å². The van der Waals surface area contributed by atoms with E-state index in [9.17, 15) is 0 Å². The lowest BCUT2D eigenvalue weighted by molar-refractivity contribution is 0.240. The highest BCUT2D eigenvalue weighted by atomic mass is 15.1. The van der Waals surface area contributed by atoms with E-state index >= 15 is 0 Å². The Morgan fingerprint density at radius 3 is 1.81 bits per heavy atom. The van der Waals surface area contributed by atoms with Gasteiger partial charge in [0.1, 0.15) is 0 Å². The van der Waals surface area contributed by atoms with Gasteiger partial charge in [0, 0.05) is 19.1 Å². The largest absolute Gasteiger partial charge is 0.313 e. The topological polar surface area (TPSA) is 15.3 Å². The van der Waals surface area contributed by atoms with Crippen LogP contribution in [0.2, 0.25) is 0 Å². The first kappa shape index (κ1) is 20.9. The predicted molar refractivity (Wildman–Crippen MR) is 97.0 cm³/mol. The molecule has 0 radical (unpaired) electrons. The first-order valence-electron chi connectivity index (χ1n) is 9.41. The van der Waals surface area contributed by atoms with Crippen LogP contribution in [0.5, 0.6) is 0 Å². The summed E-state index contributed by atoms with van der Waals surface area (Å²) in [6, 6.07) is 0.675. The van der Waals surface area contributed by atoms with Crippen molar-refractivity contribution in [2.75, 3.05) is 26.2 Å². The van der Waals surface area contributed by atoms with E-state index in [-0.39, 0.29) is 0 Å². The number of hydrogen-bond acceptors (Lipinski definition) is 2. The number of rotatable bonds is 14. The lowest BCUT2D eigenvalue weighted by Crippen LogP contribution is -2.37. The van der Waals surface area contributed by atoms with Crippen LogP contribution in [0.15, 0.2) is 0 Å². The second kappa shape index (κ2) is 13.6. The number of unbranched alkanes of at least 4 members (excludes halogenated alkanes) is 2. The first-order valence-corrected chi connectivity index (χ1v) is 9.41. The third-order valence-corrected chi connectivity index (χ3v) is 4.21. The van der Waals surface area contributed by atoms with Crippen LogP contribution in [-0.4, -0.2) is 37.1 Å². The van der Waals surface area contributed by atoms with Gasteiger partial charge >= 0.3 is 0 Å². The molecule has 21 heavy (non-hydrogen) atoms. The van der Waals surface area contributed by atoms with Crippen molar-refractivity contribution in [2.45, 2.75) is 86.1 Å². The van der Waals surface area contributed by atoms with Gasteiger partial charge in [-0.05, 0) is 51.1 Å². The maximum atomic E-state index is 3.71. The molecule has 0 aliphatic heterocycles. The summed E-state index contributed by atoms with van der Waals surface area (Å²) in [4.78, 5) is 2.66. The van der Waals surface area contributed by atoms with Crippen molar-refractivity contribution in [2.24, 2.45) is 11.8 Å². The molecule has 0 aliphatic rings. The lowest BCUT2D eigenvalue weighted by Gasteiger charge is -2.25. The van der Waals surface area contributed by atoms with Crippen LogP contribution in [0.1, 0.15) is 80.1 Å². The van der Waals surface area contributed by atoms with Crippen molar-refractivity contribution in [3.8, 4) is 0 Å².